The molecule has 0 aliphatic rings. The van der Waals surface area contributed by atoms with Gasteiger partial charge in [-0.15, -0.1) is 0 Å². The molecule has 5 heteroatoms. The van der Waals surface area contributed by atoms with Crippen molar-refractivity contribution in [2.45, 2.75) is 45.6 Å². The molecule has 19 heavy (non-hydrogen) atoms. The van der Waals surface area contributed by atoms with Crippen LogP contribution in [0.25, 0.3) is 11.0 Å². The fraction of sp³-hybridized carbons (Fsp3) is 0.643. The Bertz CT molecular complexity index is 520. The van der Waals surface area contributed by atoms with Crippen LogP contribution in [-0.2, 0) is 13.5 Å². The fourth-order valence-electron chi connectivity index (χ4n) is 2.38. The molecule has 0 saturated heterocycles. The average Bonchev–Trinajstić information content (AvgIpc) is 2.79. The summed E-state index contributed by atoms with van der Waals surface area (Å²) < 4.78 is 1.80. The van der Waals surface area contributed by atoms with Gasteiger partial charge < -0.3 is 5.32 Å². The van der Waals surface area contributed by atoms with Crippen molar-refractivity contribution in [2.24, 2.45) is 7.05 Å². The van der Waals surface area contributed by atoms with Gasteiger partial charge in [-0.25, -0.2) is 9.97 Å². The van der Waals surface area contributed by atoms with Crippen LogP contribution in [0.3, 0.4) is 0 Å². The first-order valence-corrected chi connectivity index (χ1v) is 7.11. The highest BCUT2D eigenvalue weighted by molar-refractivity contribution is 5.76. The Morgan fingerprint density at radius 1 is 1.26 bits per heavy atom. The highest BCUT2D eigenvalue weighted by Gasteiger charge is 2.13. The molecule has 2 aromatic rings. The third-order valence-electron chi connectivity index (χ3n) is 3.37. The Morgan fingerprint density at radius 2 is 2.11 bits per heavy atom. The van der Waals surface area contributed by atoms with E-state index in [4.69, 9.17) is 0 Å². The van der Waals surface area contributed by atoms with Crippen LogP contribution in [-0.4, -0.2) is 32.3 Å². The van der Waals surface area contributed by atoms with Crippen LogP contribution < -0.4 is 5.32 Å². The van der Waals surface area contributed by atoms with E-state index < -0.39 is 0 Å². The molecule has 2 aromatic heterocycles. The number of aromatic nitrogens is 4. The molecule has 0 amide bonds. The first-order chi connectivity index (χ1) is 9.26. The van der Waals surface area contributed by atoms with E-state index >= 15 is 0 Å². The number of rotatable bonds is 7. The van der Waals surface area contributed by atoms with Crippen molar-refractivity contribution in [3.63, 3.8) is 0 Å². The van der Waals surface area contributed by atoms with Gasteiger partial charge in [0.2, 0.25) is 0 Å². The van der Waals surface area contributed by atoms with E-state index in [2.05, 4.69) is 34.2 Å². The van der Waals surface area contributed by atoms with Gasteiger partial charge in [0.1, 0.15) is 6.33 Å². The van der Waals surface area contributed by atoms with E-state index in [1.54, 1.807) is 11.0 Å². The maximum atomic E-state index is 4.45. The summed E-state index contributed by atoms with van der Waals surface area (Å²) in [6, 6.07) is 0.489. The fourth-order valence-corrected chi connectivity index (χ4v) is 2.38. The lowest BCUT2D eigenvalue weighted by atomic mass is 10.0. The quantitative estimate of drug-likeness (QED) is 0.829. The van der Waals surface area contributed by atoms with Crippen LogP contribution in [0.4, 0.5) is 0 Å². The lowest BCUT2D eigenvalue weighted by molar-refractivity contribution is 0.470. The molecule has 104 valence electrons. The Kier molecular flexibility index (Phi) is 4.85. The Morgan fingerprint density at radius 3 is 2.84 bits per heavy atom. The largest absolute Gasteiger partial charge is 0.314 e. The summed E-state index contributed by atoms with van der Waals surface area (Å²) in [5.74, 6) is 0. The van der Waals surface area contributed by atoms with Crippen LogP contribution in [0.1, 0.15) is 38.8 Å². The van der Waals surface area contributed by atoms with Gasteiger partial charge in [0.25, 0.3) is 0 Å². The molecule has 0 aliphatic carbocycles. The zero-order chi connectivity index (χ0) is 13.7. The summed E-state index contributed by atoms with van der Waals surface area (Å²) in [5.41, 5.74) is 2.01. The lowest BCUT2D eigenvalue weighted by Crippen LogP contribution is -2.32. The van der Waals surface area contributed by atoms with Gasteiger partial charge in [-0.2, -0.15) is 5.10 Å². The van der Waals surface area contributed by atoms with Gasteiger partial charge in [-0.3, -0.25) is 4.68 Å². The van der Waals surface area contributed by atoms with Crippen molar-refractivity contribution in [1.29, 1.82) is 0 Å². The molecule has 1 N–H and O–H groups in total. The van der Waals surface area contributed by atoms with Crippen LogP contribution in [0.2, 0.25) is 0 Å². The number of nitrogens with zero attached hydrogens (tertiary/aromatic N) is 4. The van der Waals surface area contributed by atoms with E-state index in [0.717, 1.165) is 36.1 Å². The Labute approximate surface area is 114 Å². The minimum Gasteiger partial charge on any atom is -0.314 e. The van der Waals surface area contributed by atoms with E-state index in [1.807, 2.05) is 13.2 Å². The second-order valence-corrected chi connectivity index (χ2v) is 4.97. The molecule has 2 heterocycles. The number of hydrogen-bond donors (Lipinski definition) is 1. The molecule has 2 rings (SSSR count). The van der Waals surface area contributed by atoms with Gasteiger partial charge in [-0.05, 0) is 19.4 Å². The molecule has 5 nitrogen and oxygen atoms in total. The molecular weight excluding hydrogens is 238 g/mol. The minimum absolute atomic E-state index is 0.489. The Hall–Kier alpha value is -1.49. The zero-order valence-corrected chi connectivity index (χ0v) is 12.1. The highest BCUT2D eigenvalue weighted by Crippen LogP contribution is 2.16. The second kappa shape index (κ2) is 6.61. The van der Waals surface area contributed by atoms with Crippen LogP contribution in [0.5, 0.6) is 0 Å². The first-order valence-electron chi connectivity index (χ1n) is 7.11. The average molecular weight is 261 g/mol. The molecule has 1 unspecified atom stereocenters. The van der Waals surface area contributed by atoms with Gasteiger partial charge in [0, 0.05) is 19.5 Å². The van der Waals surface area contributed by atoms with Crippen molar-refractivity contribution in [3.05, 3.63) is 18.2 Å². The third-order valence-corrected chi connectivity index (χ3v) is 3.37. The number of aryl methyl sites for hydroxylation is 1. The molecule has 0 aromatic carbocycles. The molecular formula is C14H23N5. The molecule has 0 radical (unpaired) electrons. The van der Waals surface area contributed by atoms with Crippen molar-refractivity contribution >= 4 is 11.0 Å². The SMILES string of the molecule is CCCNC(CCC)Cc1ncnc2c1cnn2C. The summed E-state index contributed by atoms with van der Waals surface area (Å²) in [4.78, 5) is 8.73. The molecule has 0 bridgehead atoms. The van der Waals surface area contributed by atoms with Gasteiger partial charge >= 0.3 is 0 Å². The summed E-state index contributed by atoms with van der Waals surface area (Å²) in [5, 5.41) is 8.94. The van der Waals surface area contributed by atoms with Crippen LogP contribution >= 0.6 is 0 Å². The van der Waals surface area contributed by atoms with E-state index in [9.17, 15) is 0 Å². The minimum atomic E-state index is 0.489. The maximum Gasteiger partial charge on any atom is 0.161 e. The van der Waals surface area contributed by atoms with Crippen molar-refractivity contribution in [3.8, 4) is 0 Å². The highest BCUT2D eigenvalue weighted by atomic mass is 15.3. The summed E-state index contributed by atoms with van der Waals surface area (Å²) >= 11 is 0. The molecule has 0 fully saturated rings. The predicted molar refractivity (Wildman–Crippen MR) is 77.0 cm³/mol. The standard InChI is InChI=1S/C14H23N5/c1-4-6-11(15-7-5-2)8-13-12-9-18-19(3)14(12)17-10-16-13/h9-11,15H,4-8H2,1-3H3. The second-order valence-electron chi connectivity index (χ2n) is 4.97. The lowest BCUT2D eigenvalue weighted by Gasteiger charge is -2.17. The van der Waals surface area contributed by atoms with Gasteiger partial charge in [0.15, 0.2) is 5.65 Å². The number of hydrogen-bond acceptors (Lipinski definition) is 4. The number of nitrogens with one attached hydrogen (secondary N) is 1. The molecule has 0 aliphatic heterocycles. The summed E-state index contributed by atoms with van der Waals surface area (Å²) in [6.07, 6.45) is 7.97. The smallest absolute Gasteiger partial charge is 0.161 e. The predicted octanol–water partition coefficient (Wildman–Crippen LogP) is 2.07. The van der Waals surface area contributed by atoms with Crippen molar-refractivity contribution in [1.82, 2.24) is 25.1 Å². The molecule has 1 atom stereocenters. The van der Waals surface area contributed by atoms with Gasteiger partial charge in [-0.1, -0.05) is 20.3 Å². The summed E-state index contributed by atoms with van der Waals surface area (Å²) in [6.45, 7) is 5.48. The maximum absolute atomic E-state index is 4.45. The monoisotopic (exact) mass is 261 g/mol. The number of fused-ring (bicyclic) bond motifs is 1. The van der Waals surface area contributed by atoms with E-state index in [0.29, 0.717) is 6.04 Å². The summed E-state index contributed by atoms with van der Waals surface area (Å²) in [7, 11) is 1.91. The first kappa shape index (κ1) is 13.9. The Balaban J connectivity index is 2.18. The van der Waals surface area contributed by atoms with Gasteiger partial charge in [0.05, 0.1) is 17.3 Å². The molecule has 0 saturated carbocycles. The molecule has 0 spiro atoms. The van der Waals surface area contributed by atoms with Crippen LogP contribution in [0.15, 0.2) is 12.5 Å². The van der Waals surface area contributed by atoms with Crippen molar-refractivity contribution < 1.29 is 0 Å². The topological polar surface area (TPSA) is 55.6 Å². The third kappa shape index (κ3) is 3.29. The normalized spacial score (nSPS) is 13.0. The van der Waals surface area contributed by atoms with Crippen molar-refractivity contribution in [2.75, 3.05) is 6.54 Å². The van der Waals surface area contributed by atoms with E-state index in [-0.39, 0.29) is 0 Å². The van der Waals surface area contributed by atoms with Crippen LogP contribution in [0, 0.1) is 0 Å². The van der Waals surface area contributed by atoms with E-state index in [1.165, 1.54) is 12.8 Å². The zero-order valence-electron chi connectivity index (χ0n) is 12.1.